The minimum Gasteiger partial charge on any atom is -0.394 e. The van der Waals surface area contributed by atoms with E-state index in [2.05, 4.69) is 37.9 Å². The summed E-state index contributed by atoms with van der Waals surface area (Å²) in [5.74, 6) is 0.702. The number of morpholine rings is 1. The Kier molecular flexibility index (Phi) is 6.06. The molecule has 2 aliphatic rings. The van der Waals surface area contributed by atoms with E-state index >= 15 is 0 Å². The van der Waals surface area contributed by atoms with Gasteiger partial charge in [-0.05, 0) is 37.6 Å². The molecule has 4 heteroatoms. The lowest BCUT2D eigenvalue weighted by molar-refractivity contribution is -0.0862. The summed E-state index contributed by atoms with van der Waals surface area (Å²) in [6, 6.07) is 1.05. The normalized spacial score (nSPS) is 37.6. The highest BCUT2D eigenvalue weighted by atomic mass is 16.5. The quantitative estimate of drug-likeness (QED) is 0.813. The van der Waals surface area contributed by atoms with Crippen molar-refractivity contribution in [3.63, 3.8) is 0 Å². The highest BCUT2D eigenvalue weighted by Crippen LogP contribution is 2.39. The van der Waals surface area contributed by atoms with Gasteiger partial charge in [-0.3, -0.25) is 4.90 Å². The number of hydrogen-bond donors (Lipinski definition) is 2. The van der Waals surface area contributed by atoms with Crippen LogP contribution in [0.4, 0.5) is 0 Å². The van der Waals surface area contributed by atoms with Crippen LogP contribution in [0.3, 0.4) is 0 Å². The van der Waals surface area contributed by atoms with Crippen LogP contribution in [0, 0.1) is 11.3 Å². The van der Waals surface area contributed by atoms with Gasteiger partial charge >= 0.3 is 0 Å². The molecule has 0 radical (unpaired) electrons. The average molecular weight is 298 g/mol. The molecule has 1 heterocycles. The number of nitrogens with one attached hydrogen (secondary N) is 1. The zero-order valence-electron chi connectivity index (χ0n) is 14.3. The number of ether oxygens (including phenoxy) is 1. The summed E-state index contributed by atoms with van der Waals surface area (Å²) in [6.07, 6.45) is 3.96. The van der Waals surface area contributed by atoms with E-state index in [0.717, 1.165) is 26.2 Å². The van der Waals surface area contributed by atoms with Crippen molar-refractivity contribution in [2.24, 2.45) is 11.3 Å². The maximum atomic E-state index is 9.36. The average Bonchev–Trinajstić information content (AvgIpc) is 2.44. The molecule has 4 nitrogen and oxygen atoms in total. The van der Waals surface area contributed by atoms with E-state index in [1.165, 1.54) is 19.3 Å². The molecule has 2 fully saturated rings. The number of nitrogens with zero attached hydrogens (tertiary/aromatic N) is 1. The van der Waals surface area contributed by atoms with Crippen LogP contribution in [-0.4, -0.2) is 61.0 Å². The third kappa shape index (κ3) is 4.19. The number of aliphatic hydroxyl groups is 1. The van der Waals surface area contributed by atoms with Crippen LogP contribution in [-0.2, 0) is 4.74 Å². The molecule has 1 saturated heterocycles. The SMILES string of the molecule is CCNC1C(CN2CC(CO)OCC2C)CCCC1(C)C. The van der Waals surface area contributed by atoms with E-state index in [0.29, 0.717) is 23.4 Å². The van der Waals surface area contributed by atoms with Gasteiger partial charge in [-0.2, -0.15) is 0 Å². The molecule has 1 aliphatic heterocycles. The smallest absolute Gasteiger partial charge is 0.0933 e. The molecular formula is C17H34N2O2. The standard InChI is InChI=1S/C17H34N2O2/c1-5-18-16-14(7-6-8-17(16,3)4)9-19-10-15(11-20)21-12-13(19)2/h13-16,18,20H,5-12H2,1-4H3. The Balaban J connectivity index is 2.01. The Hall–Kier alpha value is -0.160. The first-order valence-electron chi connectivity index (χ1n) is 8.67. The van der Waals surface area contributed by atoms with E-state index in [1.807, 2.05) is 0 Å². The number of hydrogen-bond acceptors (Lipinski definition) is 4. The third-order valence-electron chi connectivity index (χ3n) is 5.44. The van der Waals surface area contributed by atoms with Gasteiger partial charge in [0.2, 0.25) is 0 Å². The first-order chi connectivity index (χ1) is 9.97. The van der Waals surface area contributed by atoms with E-state index in [1.54, 1.807) is 0 Å². The molecule has 2 rings (SSSR count). The van der Waals surface area contributed by atoms with Gasteiger partial charge in [0.25, 0.3) is 0 Å². The fourth-order valence-electron chi connectivity index (χ4n) is 4.18. The highest BCUT2D eigenvalue weighted by Gasteiger charge is 2.40. The van der Waals surface area contributed by atoms with Crippen molar-refractivity contribution < 1.29 is 9.84 Å². The van der Waals surface area contributed by atoms with Gasteiger partial charge in [-0.15, -0.1) is 0 Å². The summed E-state index contributed by atoms with van der Waals surface area (Å²) < 4.78 is 5.67. The fraction of sp³-hybridized carbons (Fsp3) is 1.00. The van der Waals surface area contributed by atoms with Crippen LogP contribution in [0.25, 0.3) is 0 Å². The molecule has 124 valence electrons. The molecule has 0 amide bonds. The Morgan fingerprint density at radius 1 is 1.38 bits per heavy atom. The van der Waals surface area contributed by atoms with E-state index in [-0.39, 0.29) is 12.7 Å². The predicted octanol–water partition coefficient (Wildman–Crippen LogP) is 1.87. The van der Waals surface area contributed by atoms with Crippen molar-refractivity contribution in [2.45, 2.75) is 65.1 Å². The summed E-state index contributed by atoms with van der Waals surface area (Å²) >= 11 is 0. The van der Waals surface area contributed by atoms with Crippen molar-refractivity contribution in [2.75, 3.05) is 32.8 Å². The molecule has 0 aromatic carbocycles. The second-order valence-corrected chi connectivity index (χ2v) is 7.62. The van der Waals surface area contributed by atoms with Crippen LogP contribution >= 0.6 is 0 Å². The molecule has 0 spiro atoms. The molecule has 0 aromatic rings. The minimum atomic E-state index is -0.00427. The van der Waals surface area contributed by atoms with Gasteiger partial charge in [-0.25, -0.2) is 0 Å². The van der Waals surface area contributed by atoms with Crippen LogP contribution in [0.5, 0.6) is 0 Å². The Morgan fingerprint density at radius 2 is 2.14 bits per heavy atom. The van der Waals surface area contributed by atoms with Gasteiger partial charge in [-0.1, -0.05) is 27.2 Å². The molecule has 2 N–H and O–H groups in total. The molecule has 21 heavy (non-hydrogen) atoms. The number of aliphatic hydroxyl groups excluding tert-OH is 1. The second kappa shape index (κ2) is 7.40. The zero-order valence-corrected chi connectivity index (χ0v) is 14.3. The van der Waals surface area contributed by atoms with Crippen molar-refractivity contribution in [3.8, 4) is 0 Å². The highest BCUT2D eigenvalue weighted by molar-refractivity contribution is 4.95. The lowest BCUT2D eigenvalue weighted by atomic mass is 9.67. The van der Waals surface area contributed by atoms with Gasteiger partial charge in [0.15, 0.2) is 0 Å². The molecule has 0 aromatic heterocycles. The van der Waals surface area contributed by atoms with Gasteiger partial charge in [0.1, 0.15) is 0 Å². The van der Waals surface area contributed by atoms with Crippen LogP contribution in [0.2, 0.25) is 0 Å². The Morgan fingerprint density at radius 3 is 2.81 bits per heavy atom. The summed E-state index contributed by atoms with van der Waals surface area (Å²) in [5.41, 5.74) is 0.380. The van der Waals surface area contributed by atoms with Crippen molar-refractivity contribution >= 4 is 0 Å². The maximum absolute atomic E-state index is 9.36. The van der Waals surface area contributed by atoms with Gasteiger partial charge in [0, 0.05) is 25.2 Å². The summed E-state index contributed by atoms with van der Waals surface area (Å²) in [5, 5.41) is 13.1. The summed E-state index contributed by atoms with van der Waals surface area (Å²) in [6.45, 7) is 13.2. The topological polar surface area (TPSA) is 44.7 Å². The van der Waals surface area contributed by atoms with Crippen molar-refractivity contribution in [1.82, 2.24) is 10.2 Å². The molecule has 0 bridgehead atoms. The Labute approximate surface area is 130 Å². The molecule has 1 aliphatic carbocycles. The Bertz CT molecular complexity index is 322. The molecule has 1 saturated carbocycles. The third-order valence-corrected chi connectivity index (χ3v) is 5.44. The van der Waals surface area contributed by atoms with Gasteiger partial charge < -0.3 is 15.2 Å². The van der Waals surface area contributed by atoms with E-state index in [9.17, 15) is 5.11 Å². The van der Waals surface area contributed by atoms with Crippen LogP contribution in [0.1, 0.15) is 47.0 Å². The first-order valence-corrected chi connectivity index (χ1v) is 8.67. The maximum Gasteiger partial charge on any atom is 0.0933 e. The predicted molar refractivity (Wildman–Crippen MR) is 86.4 cm³/mol. The fourth-order valence-corrected chi connectivity index (χ4v) is 4.18. The zero-order chi connectivity index (χ0) is 15.5. The lowest BCUT2D eigenvalue weighted by Gasteiger charge is -2.48. The van der Waals surface area contributed by atoms with Crippen molar-refractivity contribution in [3.05, 3.63) is 0 Å². The van der Waals surface area contributed by atoms with Crippen LogP contribution < -0.4 is 5.32 Å². The summed E-state index contributed by atoms with van der Waals surface area (Å²) in [4.78, 5) is 2.53. The monoisotopic (exact) mass is 298 g/mol. The van der Waals surface area contributed by atoms with Gasteiger partial charge in [0.05, 0.1) is 19.3 Å². The van der Waals surface area contributed by atoms with Crippen LogP contribution in [0.15, 0.2) is 0 Å². The van der Waals surface area contributed by atoms with Crippen molar-refractivity contribution in [1.29, 1.82) is 0 Å². The minimum absolute atomic E-state index is 0.00427. The summed E-state index contributed by atoms with van der Waals surface area (Å²) in [7, 11) is 0. The molecular weight excluding hydrogens is 264 g/mol. The van der Waals surface area contributed by atoms with E-state index < -0.39 is 0 Å². The molecule has 4 atom stereocenters. The first kappa shape index (κ1) is 17.2. The second-order valence-electron chi connectivity index (χ2n) is 7.62. The lowest BCUT2D eigenvalue weighted by Crippen LogP contribution is -2.56. The number of rotatable bonds is 5. The molecule has 4 unspecified atom stereocenters. The largest absolute Gasteiger partial charge is 0.394 e. The van der Waals surface area contributed by atoms with E-state index in [4.69, 9.17) is 4.74 Å².